The standard InChI is InChI=1S/C7H7Cl2NO3S/c1-13-6-2-4-7(5-3-6)14(11,12)10(8)9/h2-5H,1H3. The van der Waals surface area contributed by atoms with Gasteiger partial charge < -0.3 is 4.74 Å². The minimum atomic E-state index is -3.79. The van der Waals surface area contributed by atoms with Crippen LogP contribution >= 0.6 is 23.6 Å². The number of nitrogens with zero attached hydrogens (tertiary/aromatic N) is 1. The van der Waals surface area contributed by atoms with Gasteiger partial charge in [-0.2, -0.15) is 0 Å². The van der Waals surface area contributed by atoms with Crippen molar-refractivity contribution in [2.45, 2.75) is 4.90 Å². The number of rotatable bonds is 3. The smallest absolute Gasteiger partial charge is 0.270 e. The maximum absolute atomic E-state index is 11.4. The third-order valence-electron chi connectivity index (χ3n) is 1.54. The van der Waals surface area contributed by atoms with Crippen LogP contribution in [0.25, 0.3) is 0 Å². The molecule has 0 aliphatic rings. The van der Waals surface area contributed by atoms with Gasteiger partial charge in [-0.25, -0.2) is 8.42 Å². The average molecular weight is 256 g/mol. The highest BCUT2D eigenvalue weighted by atomic mass is 35.5. The zero-order valence-electron chi connectivity index (χ0n) is 7.15. The number of hydrogen-bond donors (Lipinski definition) is 0. The topological polar surface area (TPSA) is 46.6 Å². The summed E-state index contributed by atoms with van der Waals surface area (Å²) in [6.45, 7) is 0. The maximum Gasteiger partial charge on any atom is 0.270 e. The zero-order chi connectivity index (χ0) is 10.8. The Bertz CT molecular complexity index is 401. The molecule has 0 N–H and O–H groups in total. The summed E-state index contributed by atoms with van der Waals surface area (Å²) in [5, 5.41) is 0. The third-order valence-corrected chi connectivity index (χ3v) is 3.86. The first-order valence-corrected chi connectivity index (χ1v) is 5.61. The van der Waals surface area contributed by atoms with E-state index in [9.17, 15) is 8.42 Å². The van der Waals surface area contributed by atoms with Gasteiger partial charge in [0.05, 0.1) is 12.0 Å². The number of ether oxygens (including phenoxy) is 1. The van der Waals surface area contributed by atoms with Crippen LogP contribution < -0.4 is 4.74 Å². The summed E-state index contributed by atoms with van der Waals surface area (Å²) in [7, 11) is -2.31. The lowest BCUT2D eigenvalue weighted by Gasteiger charge is -2.06. The van der Waals surface area contributed by atoms with Gasteiger partial charge in [0.25, 0.3) is 10.0 Å². The van der Waals surface area contributed by atoms with E-state index in [1.807, 2.05) is 0 Å². The molecule has 0 amide bonds. The normalized spacial score (nSPS) is 11.7. The Morgan fingerprint density at radius 2 is 1.71 bits per heavy atom. The minimum absolute atomic E-state index is 0.00306. The fourth-order valence-corrected chi connectivity index (χ4v) is 1.94. The molecule has 0 spiro atoms. The van der Waals surface area contributed by atoms with Gasteiger partial charge in [-0.1, -0.05) is 0 Å². The molecule has 1 aromatic carbocycles. The second kappa shape index (κ2) is 4.35. The predicted octanol–water partition coefficient (Wildman–Crippen LogP) is 1.99. The van der Waals surface area contributed by atoms with Crippen LogP contribution in [0.3, 0.4) is 0 Å². The summed E-state index contributed by atoms with van der Waals surface area (Å²) in [6.07, 6.45) is 0. The quantitative estimate of drug-likeness (QED) is 0.777. The van der Waals surface area contributed by atoms with E-state index in [0.717, 1.165) is 0 Å². The van der Waals surface area contributed by atoms with Crippen molar-refractivity contribution in [2.24, 2.45) is 0 Å². The summed E-state index contributed by atoms with van der Waals surface area (Å²) < 4.78 is 27.7. The van der Waals surface area contributed by atoms with Crippen molar-refractivity contribution in [1.82, 2.24) is 3.34 Å². The van der Waals surface area contributed by atoms with Crippen LogP contribution in [0, 0.1) is 0 Å². The van der Waals surface area contributed by atoms with Gasteiger partial charge in [0.1, 0.15) is 5.75 Å². The molecule has 78 valence electrons. The maximum atomic E-state index is 11.4. The molecule has 0 radical (unpaired) electrons. The van der Waals surface area contributed by atoms with Gasteiger partial charge >= 0.3 is 0 Å². The monoisotopic (exact) mass is 255 g/mol. The lowest BCUT2D eigenvalue weighted by Crippen LogP contribution is -2.12. The first-order chi connectivity index (χ1) is 6.48. The van der Waals surface area contributed by atoms with Crippen LogP contribution in [0.5, 0.6) is 5.75 Å². The molecule has 0 bridgehead atoms. The van der Waals surface area contributed by atoms with Crippen LogP contribution in [0.1, 0.15) is 0 Å². The molecule has 0 aliphatic heterocycles. The minimum Gasteiger partial charge on any atom is -0.497 e. The van der Waals surface area contributed by atoms with Crippen molar-refractivity contribution in [3.8, 4) is 5.75 Å². The second-order valence-corrected chi connectivity index (χ2v) is 5.39. The Balaban J connectivity index is 3.10. The highest BCUT2D eigenvalue weighted by molar-refractivity contribution is 7.91. The number of sulfonamides is 1. The van der Waals surface area contributed by atoms with Crippen LogP contribution in [0.4, 0.5) is 0 Å². The number of methoxy groups -OCH3 is 1. The largest absolute Gasteiger partial charge is 0.497 e. The molecule has 14 heavy (non-hydrogen) atoms. The van der Waals surface area contributed by atoms with Gasteiger partial charge in [-0.3, -0.25) is 0 Å². The lowest BCUT2D eigenvalue weighted by atomic mass is 10.3. The molecule has 0 saturated carbocycles. The molecule has 0 saturated heterocycles. The molecule has 1 aromatic rings. The van der Waals surface area contributed by atoms with E-state index in [2.05, 4.69) is 0 Å². The second-order valence-electron chi connectivity index (χ2n) is 2.35. The molecule has 4 nitrogen and oxygen atoms in total. The number of hydrogen-bond acceptors (Lipinski definition) is 3. The zero-order valence-corrected chi connectivity index (χ0v) is 9.47. The van der Waals surface area contributed by atoms with E-state index in [-0.39, 0.29) is 8.24 Å². The highest BCUT2D eigenvalue weighted by Gasteiger charge is 2.20. The fraction of sp³-hybridized carbons (Fsp3) is 0.143. The van der Waals surface area contributed by atoms with Crippen molar-refractivity contribution < 1.29 is 13.2 Å². The highest BCUT2D eigenvalue weighted by Crippen LogP contribution is 2.21. The Morgan fingerprint density at radius 3 is 2.07 bits per heavy atom. The van der Waals surface area contributed by atoms with Gasteiger partial charge in [-0.05, 0) is 27.6 Å². The van der Waals surface area contributed by atoms with Crippen LogP contribution in [-0.2, 0) is 10.0 Å². The van der Waals surface area contributed by atoms with Crippen LogP contribution in [0.2, 0.25) is 0 Å². The molecular weight excluding hydrogens is 249 g/mol. The summed E-state index contributed by atoms with van der Waals surface area (Å²) >= 11 is 10.3. The Hall–Kier alpha value is -0.490. The SMILES string of the molecule is COc1ccc(S(=O)(=O)N(Cl)Cl)cc1. The summed E-state index contributed by atoms with van der Waals surface area (Å²) in [4.78, 5) is 0.00306. The van der Waals surface area contributed by atoms with Crippen molar-refractivity contribution in [3.63, 3.8) is 0 Å². The average Bonchev–Trinajstić information content (AvgIpc) is 2.17. The van der Waals surface area contributed by atoms with Gasteiger partial charge in [0.2, 0.25) is 0 Å². The van der Waals surface area contributed by atoms with Gasteiger partial charge in [-0.15, -0.1) is 0 Å². The van der Waals surface area contributed by atoms with Crippen LogP contribution in [-0.4, -0.2) is 18.9 Å². The van der Waals surface area contributed by atoms with Crippen molar-refractivity contribution >= 4 is 33.6 Å². The van der Waals surface area contributed by atoms with Gasteiger partial charge in [0, 0.05) is 23.6 Å². The number of benzene rings is 1. The first-order valence-electron chi connectivity index (χ1n) is 3.49. The van der Waals surface area contributed by atoms with E-state index >= 15 is 0 Å². The van der Waals surface area contributed by atoms with E-state index in [0.29, 0.717) is 5.75 Å². The van der Waals surface area contributed by atoms with Crippen molar-refractivity contribution in [1.29, 1.82) is 0 Å². The molecule has 0 atom stereocenters. The molecule has 7 heteroatoms. The molecule has 0 heterocycles. The molecule has 0 unspecified atom stereocenters. The van der Waals surface area contributed by atoms with E-state index in [4.69, 9.17) is 28.3 Å². The summed E-state index contributed by atoms with van der Waals surface area (Å²) in [5.41, 5.74) is 0. The fourth-order valence-electron chi connectivity index (χ4n) is 0.827. The Morgan fingerprint density at radius 1 is 1.21 bits per heavy atom. The van der Waals surface area contributed by atoms with E-state index < -0.39 is 10.0 Å². The summed E-state index contributed by atoms with van der Waals surface area (Å²) in [5.74, 6) is 0.555. The Labute approximate surface area is 92.3 Å². The lowest BCUT2D eigenvalue weighted by molar-refractivity contribution is 0.414. The summed E-state index contributed by atoms with van der Waals surface area (Å²) in [6, 6.07) is 5.71. The molecule has 1 rings (SSSR count). The predicted molar refractivity (Wildman–Crippen MR) is 53.7 cm³/mol. The molecule has 0 aromatic heterocycles. The van der Waals surface area contributed by atoms with Crippen molar-refractivity contribution in [3.05, 3.63) is 24.3 Å². The molecule has 0 fully saturated rings. The molecular formula is C7H7Cl2NO3S. The Kier molecular flexibility index (Phi) is 3.60. The van der Waals surface area contributed by atoms with E-state index in [1.54, 1.807) is 0 Å². The third kappa shape index (κ3) is 2.30. The van der Waals surface area contributed by atoms with Crippen molar-refractivity contribution in [2.75, 3.05) is 7.11 Å². The first kappa shape index (κ1) is 11.6. The van der Waals surface area contributed by atoms with E-state index in [1.165, 1.54) is 31.4 Å². The number of halogens is 2. The molecule has 0 aliphatic carbocycles. The van der Waals surface area contributed by atoms with Crippen LogP contribution in [0.15, 0.2) is 29.2 Å². The van der Waals surface area contributed by atoms with Gasteiger partial charge in [0.15, 0.2) is 0 Å².